The molecule has 6 nitrogen and oxygen atoms in total. The molecular weight excluding hydrogens is 378 g/mol. The number of hydrogen-bond donors (Lipinski definition) is 0. The molecule has 0 aliphatic heterocycles. The highest BCUT2D eigenvalue weighted by molar-refractivity contribution is 7.17. The van der Waals surface area contributed by atoms with E-state index in [-0.39, 0.29) is 15.7 Å². The average Bonchev–Trinajstić information content (AvgIpc) is 3.18. The van der Waals surface area contributed by atoms with Crippen molar-refractivity contribution in [2.24, 2.45) is 0 Å². The predicted octanol–water partition coefficient (Wildman–Crippen LogP) is 5.05. The number of carbonyl (C=O) groups is 2. The summed E-state index contributed by atoms with van der Waals surface area (Å²) in [4.78, 5) is 35.9. The molecule has 7 heteroatoms. The van der Waals surface area contributed by atoms with Gasteiger partial charge >= 0.3 is 11.0 Å². The Morgan fingerprint density at radius 1 is 0.929 bits per heavy atom. The number of nitro groups is 1. The zero-order valence-corrected chi connectivity index (χ0v) is 16.1. The number of nitrogens with zero attached hydrogens (tertiary/aromatic N) is 1. The van der Waals surface area contributed by atoms with Crippen LogP contribution in [-0.4, -0.2) is 16.7 Å². The minimum Gasteiger partial charge on any atom is -0.445 e. The maximum absolute atomic E-state index is 13.0. The number of benzene rings is 2. The molecule has 1 atom stereocenters. The van der Waals surface area contributed by atoms with Gasteiger partial charge in [0.1, 0.15) is 4.88 Å². The van der Waals surface area contributed by atoms with E-state index < -0.39 is 17.0 Å². The molecule has 3 rings (SSSR count). The van der Waals surface area contributed by atoms with Gasteiger partial charge in [0.15, 0.2) is 6.10 Å². The molecule has 0 N–H and O–H groups in total. The van der Waals surface area contributed by atoms with Gasteiger partial charge in [-0.2, -0.15) is 0 Å². The Balaban J connectivity index is 1.92. The molecule has 0 amide bonds. The van der Waals surface area contributed by atoms with Crippen LogP contribution in [0.2, 0.25) is 0 Å². The van der Waals surface area contributed by atoms with Crippen molar-refractivity contribution in [2.75, 3.05) is 0 Å². The zero-order chi connectivity index (χ0) is 20.3. The Morgan fingerprint density at radius 2 is 1.50 bits per heavy atom. The number of Topliss-reactive ketones (excluding diaryl/α,β-unsaturated/α-hetero) is 1. The Bertz CT molecular complexity index is 1020. The number of carbonyl (C=O) groups excluding carboxylic acids is 2. The molecule has 0 unspecified atom stereocenters. The molecule has 28 heavy (non-hydrogen) atoms. The van der Waals surface area contributed by atoms with Crippen molar-refractivity contribution in [3.8, 4) is 0 Å². The molecule has 0 aliphatic rings. The van der Waals surface area contributed by atoms with Gasteiger partial charge < -0.3 is 4.74 Å². The Kier molecular flexibility index (Phi) is 5.65. The highest BCUT2D eigenvalue weighted by Gasteiger charge is 2.28. The van der Waals surface area contributed by atoms with Crippen LogP contribution < -0.4 is 0 Å². The van der Waals surface area contributed by atoms with Crippen molar-refractivity contribution >= 4 is 28.1 Å². The van der Waals surface area contributed by atoms with Crippen LogP contribution in [0.3, 0.4) is 0 Å². The molecule has 1 aromatic heterocycles. The molecule has 3 aromatic rings. The first kappa shape index (κ1) is 19.4. The number of ether oxygens (including phenoxy) is 1. The van der Waals surface area contributed by atoms with E-state index >= 15 is 0 Å². The quantitative estimate of drug-likeness (QED) is 0.252. The third-order valence-corrected chi connectivity index (χ3v) is 5.17. The minimum atomic E-state index is -1.14. The van der Waals surface area contributed by atoms with E-state index in [1.807, 2.05) is 38.1 Å². The Labute approximate surface area is 165 Å². The van der Waals surface area contributed by atoms with Gasteiger partial charge in [0.25, 0.3) is 0 Å². The summed E-state index contributed by atoms with van der Waals surface area (Å²) in [6.45, 7) is 3.83. The minimum absolute atomic E-state index is 0.0699. The van der Waals surface area contributed by atoms with Crippen LogP contribution in [0.1, 0.15) is 42.8 Å². The van der Waals surface area contributed by atoms with Crippen molar-refractivity contribution < 1.29 is 19.2 Å². The summed E-state index contributed by atoms with van der Waals surface area (Å²) in [5, 5.41) is 10.7. The summed E-state index contributed by atoms with van der Waals surface area (Å²) in [6.07, 6.45) is -1.14. The van der Waals surface area contributed by atoms with Crippen LogP contribution in [0, 0.1) is 24.0 Å². The predicted molar refractivity (Wildman–Crippen MR) is 106 cm³/mol. The van der Waals surface area contributed by atoms with Crippen LogP contribution in [0.25, 0.3) is 0 Å². The fraction of sp³-hybridized carbons (Fsp3) is 0.143. The molecule has 2 aromatic carbocycles. The summed E-state index contributed by atoms with van der Waals surface area (Å²) < 4.78 is 5.50. The van der Waals surface area contributed by atoms with E-state index in [4.69, 9.17) is 4.74 Å². The topological polar surface area (TPSA) is 86.5 Å². The number of rotatable bonds is 6. The molecule has 0 saturated heterocycles. The first-order valence-electron chi connectivity index (χ1n) is 8.48. The fourth-order valence-electron chi connectivity index (χ4n) is 2.58. The van der Waals surface area contributed by atoms with Crippen LogP contribution >= 0.6 is 11.3 Å². The second-order valence-corrected chi connectivity index (χ2v) is 7.38. The summed E-state index contributed by atoms with van der Waals surface area (Å²) in [7, 11) is 0. The number of esters is 1. The first-order chi connectivity index (χ1) is 13.3. The van der Waals surface area contributed by atoms with E-state index in [1.54, 1.807) is 24.3 Å². The average molecular weight is 395 g/mol. The van der Waals surface area contributed by atoms with Crippen molar-refractivity contribution in [1.29, 1.82) is 0 Å². The second kappa shape index (κ2) is 8.14. The lowest BCUT2D eigenvalue weighted by Crippen LogP contribution is -2.20. The number of hydrogen-bond acceptors (Lipinski definition) is 6. The highest BCUT2D eigenvalue weighted by atomic mass is 32.1. The maximum Gasteiger partial charge on any atom is 0.349 e. The SMILES string of the molecule is Cc1ccc(C(=O)[C@@H](OC(=O)c2ccc([N+](=O)[O-])s2)c2ccc(C)cc2)cc1. The fourth-order valence-corrected chi connectivity index (χ4v) is 3.29. The van der Waals surface area contributed by atoms with Crippen LogP contribution in [0.15, 0.2) is 60.7 Å². The van der Waals surface area contributed by atoms with Gasteiger partial charge in [0, 0.05) is 17.2 Å². The van der Waals surface area contributed by atoms with E-state index in [9.17, 15) is 19.7 Å². The van der Waals surface area contributed by atoms with E-state index in [0.717, 1.165) is 11.1 Å². The standard InChI is InChI=1S/C21H17NO5S/c1-13-3-7-15(8-4-13)19(23)20(16-9-5-14(2)6-10-16)27-21(24)17-11-12-18(28-17)22(25)26/h3-12,20H,1-2H3/t20-/m0/s1. The first-order valence-corrected chi connectivity index (χ1v) is 9.29. The lowest BCUT2D eigenvalue weighted by molar-refractivity contribution is -0.380. The molecule has 142 valence electrons. The zero-order valence-electron chi connectivity index (χ0n) is 15.2. The Morgan fingerprint density at radius 3 is 2.04 bits per heavy atom. The van der Waals surface area contributed by atoms with Crippen molar-refractivity contribution in [3.05, 3.63) is 97.9 Å². The largest absolute Gasteiger partial charge is 0.445 e. The van der Waals surface area contributed by atoms with Crippen LogP contribution in [0.4, 0.5) is 5.00 Å². The van der Waals surface area contributed by atoms with Gasteiger partial charge in [0.2, 0.25) is 5.78 Å². The lowest BCUT2D eigenvalue weighted by Gasteiger charge is -2.17. The van der Waals surface area contributed by atoms with Crippen LogP contribution in [0.5, 0.6) is 0 Å². The molecule has 1 heterocycles. The third-order valence-electron chi connectivity index (χ3n) is 4.15. The van der Waals surface area contributed by atoms with Crippen molar-refractivity contribution in [1.82, 2.24) is 0 Å². The van der Waals surface area contributed by atoms with Gasteiger partial charge in [-0.3, -0.25) is 14.9 Å². The van der Waals surface area contributed by atoms with Gasteiger partial charge in [-0.25, -0.2) is 4.79 Å². The molecule has 0 fully saturated rings. The molecule has 0 spiro atoms. The van der Waals surface area contributed by atoms with Gasteiger partial charge in [-0.1, -0.05) is 71.0 Å². The number of ketones is 1. The second-order valence-electron chi connectivity index (χ2n) is 6.32. The van der Waals surface area contributed by atoms with E-state index in [1.165, 1.54) is 12.1 Å². The Hall–Kier alpha value is -3.32. The summed E-state index contributed by atoms with van der Waals surface area (Å²) in [6, 6.07) is 16.7. The third kappa shape index (κ3) is 4.32. The number of thiophene rings is 1. The van der Waals surface area contributed by atoms with Crippen molar-refractivity contribution in [3.63, 3.8) is 0 Å². The summed E-state index contributed by atoms with van der Waals surface area (Å²) >= 11 is 0.713. The van der Waals surface area contributed by atoms with Gasteiger partial charge in [-0.05, 0) is 19.9 Å². The molecular formula is C21H17NO5S. The molecule has 0 radical (unpaired) electrons. The summed E-state index contributed by atoms with van der Waals surface area (Å²) in [5.74, 6) is -1.13. The molecule has 0 aliphatic carbocycles. The van der Waals surface area contributed by atoms with E-state index in [0.29, 0.717) is 22.5 Å². The smallest absolute Gasteiger partial charge is 0.349 e. The van der Waals surface area contributed by atoms with E-state index in [2.05, 4.69) is 0 Å². The highest BCUT2D eigenvalue weighted by Crippen LogP contribution is 2.29. The molecule has 0 saturated carbocycles. The van der Waals surface area contributed by atoms with Gasteiger partial charge in [-0.15, -0.1) is 0 Å². The number of aryl methyl sites for hydroxylation is 2. The lowest BCUT2D eigenvalue weighted by atomic mass is 9.98. The normalized spacial score (nSPS) is 11.6. The van der Waals surface area contributed by atoms with Crippen molar-refractivity contribution in [2.45, 2.75) is 20.0 Å². The van der Waals surface area contributed by atoms with Crippen LogP contribution in [-0.2, 0) is 4.74 Å². The maximum atomic E-state index is 13.0. The summed E-state index contributed by atoms with van der Waals surface area (Å²) in [5.41, 5.74) is 2.97. The van der Waals surface area contributed by atoms with Gasteiger partial charge in [0.05, 0.1) is 4.92 Å². The molecule has 0 bridgehead atoms. The monoisotopic (exact) mass is 395 g/mol.